The number of rotatable bonds is 3. The van der Waals surface area contributed by atoms with Crippen molar-refractivity contribution in [2.24, 2.45) is 0 Å². The van der Waals surface area contributed by atoms with Crippen LogP contribution in [0.3, 0.4) is 0 Å². The van der Waals surface area contributed by atoms with Crippen LogP contribution in [0, 0.1) is 0 Å². The lowest BCUT2D eigenvalue weighted by Gasteiger charge is -2.29. The lowest BCUT2D eigenvalue weighted by Crippen LogP contribution is -2.39. The van der Waals surface area contributed by atoms with Crippen LogP contribution in [0.25, 0.3) is 0 Å². The Hall–Kier alpha value is -0.380. The van der Waals surface area contributed by atoms with Crippen LogP contribution in [0.1, 0.15) is 48.2 Å². The third-order valence-corrected chi connectivity index (χ3v) is 4.74. The Balaban J connectivity index is 2.24. The largest absolute Gasteiger partial charge is 0.370 e. The fourth-order valence-corrected chi connectivity index (χ4v) is 3.56. The molecule has 0 radical (unpaired) electrons. The molecule has 1 fully saturated rings. The molecule has 4 heteroatoms. The molecule has 0 amide bonds. The van der Waals surface area contributed by atoms with E-state index in [9.17, 15) is 4.79 Å². The summed E-state index contributed by atoms with van der Waals surface area (Å²) in [6.07, 6.45) is 6.19. The summed E-state index contributed by atoms with van der Waals surface area (Å²) >= 11 is 7.24. The minimum atomic E-state index is -0.606. The third kappa shape index (κ3) is 2.72. The average molecular weight is 273 g/mol. The van der Waals surface area contributed by atoms with Gasteiger partial charge in [-0.3, -0.25) is 4.79 Å². The van der Waals surface area contributed by atoms with Gasteiger partial charge in [-0.15, -0.1) is 11.3 Å². The van der Waals surface area contributed by atoms with Gasteiger partial charge in [0.1, 0.15) is 5.60 Å². The molecule has 0 bridgehead atoms. The van der Waals surface area contributed by atoms with Crippen molar-refractivity contribution in [3.05, 3.63) is 21.3 Å². The molecule has 0 atom stereocenters. The molecule has 0 saturated heterocycles. The zero-order valence-electron chi connectivity index (χ0n) is 10.0. The van der Waals surface area contributed by atoms with Crippen molar-refractivity contribution in [3.63, 3.8) is 0 Å². The minimum absolute atomic E-state index is 0.110. The number of hydrogen-bond donors (Lipinski definition) is 0. The number of ether oxygens (including phenoxy) is 1. The van der Waals surface area contributed by atoms with Gasteiger partial charge in [-0.05, 0) is 25.0 Å². The van der Waals surface area contributed by atoms with Crippen LogP contribution < -0.4 is 0 Å². The summed E-state index contributed by atoms with van der Waals surface area (Å²) in [6.45, 7) is 0. The molecule has 0 N–H and O–H groups in total. The molecule has 0 spiro atoms. The fourth-order valence-electron chi connectivity index (χ4n) is 2.48. The van der Waals surface area contributed by atoms with Gasteiger partial charge < -0.3 is 4.74 Å². The molecule has 0 unspecified atom stereocenters. The lowest BCUT2D eigenvalue weighted by atomic mass is 9.88. The van der Waals surface area contributed by atoms with E-state index in [1.165, 1.54) is 24.2 Å². The summed E-state index contributed by atoms with van der Waals surface area (Å²) in [4.78, 5) is 13.3. The highest BCUT2D eigenvalue weighted by atomic mass is 35.5. The van der Waals surface area contributed by atoms with Gasteiger partial charge in [0.2, 0.25) is 5.78 Å². The molecule has 0 aromatic carbocycles. The summed E-state index contributed by atoms with van der Waals surface area (Å²) in [5, 5.41) is 0. The first-order chi connectivity index (χ1) is 8.18. The first-order valence-corrected chi connectivity index (χ1v) is 7.23. The van der Waals surface area contributed by atoms with Crippen LogP contribution in [-0.2, 0) is 4.74 Å². The third-order valence-electron chi connectivity index (χ3n) is 3.51. The van der Waals surface area contributed by atoms with Crippen molar-refractivity contribution >= 4 is 28.7 Å². The summed E-state index contributed by atoms with van der Waals surface area (Å²) < 4.78 is 6.26. The zero-order valence-corrected chi connectivity index (χ0v) is 11.6. The van der Waals surface area contributed by atoms with E-state index in [-0.39, 0.29) is 5.78 Å². The van der Waals surface area contributed by atoms with Crippen LogP contribution in [0.15, 0.2) is 12.1 Å². The predicted octanol–water partition coefficient (Wildman–Crippen LogP) is 4.32. The number of carbonyl (C=O) groups is 1. The Morgan fingerprint density at radius 1 is 1.29 bits per heavy atom. The Kier molecular flexibility index (Phi) is 4.23. The Morgan fingerprint density at radius 3 is 2.41 bits per heavy atom. The molecule has 1 aliphatic rings. The molecule has 94 valence electrons. The smallest absolute Gasteiger partial charge is 0.204 e. The summed E-state index contributed by atoms with van der Waals surface area (Å²) in [5.74, 6) is 0.110. The zero-order chi connectivity index (χ0) is 12.3. The van der Waals surface area contributed by atoms with E-state index in [4.69, 9.17) is 16.3 Å². The monoisotopic (exact) mass is 272 g/mol. The topological polar surface area (TPSA) is 26.3 Å². The maximum absolute atomic E-state index is 12.5. The van der Waals surface area contributed by atoms with Crippen LogP contribution in [-0.4, -0.2) is 18.5 Å². The van der Waals surface area contributed by atoms with Crippen molar-refractivity contribution in [2.45, 2.75) is 44.1 Å². The molecule has 1 aromatic rings. The van der Waals surface area contributed by atoms with Gasteiger partial charge in [0, 0.05) is 7.11 Å². The quantitative estimate of drug-likeness (QED) is 0.605. The summed E-state index contributed by atoms with van der Waals surface area (Å²) in [6, 6.07) is 3.58. The highest BCUT2D eigenvalue weighted by molar-refractivity contribution is 7.18. The Labute approximate surface area is 111 Å². The van der Waals surface area contributed by atoms with Crippen molar-refractivity contribution < 1.29 is 9.53 Å². The van der Waals surface area contributed by atoms with E-state index < -0.39 is 5.60 Å². The predicted molar refractivity (Wildman–Crippen MR) is 71.1 cm³/mol. The number of thiophene rings is 1. The number of methoxy groups -OCH3 is 1. The molecular formula is C13H17ClO2S. The normalized spacial score (nSPS) is 19.9. The Bertz CT molecular complexity index is 392. The molecule has 1 aliphatic carbocycles. The van der Waals surface area contributed by atoms with Gasteiger partial charge >= 0.3 is 0 Å². The molecule has 1 saturated carbocycles. The Morgan fingerprint density at radius 2 is 1.94 bits per heavy atom. The highest BCUT2D eigenvalue weighted by Crippen LogP contribution is 2.35. The van der Waals surface area contributed by atoms with Crippen LogP contribution >= 0.6 is 22.9 Å². The average Bonchev–Trinajstić information content (AvgIpc) is 2.64. The van der Waals surface area contributed by atoms with Gasteiger partial charge in [-0.2, -0.15) is 0 Å². The first-order valence-electron chi connectivity index (χ1n) is 6.03. The fraction of sp³-hybridized carbons (Fsp3) is 0.615. The molecule has 2 rings (SSSR count). The van der Waals surface area contributed by atoms with Gasteiger partial charge in [0.05, 0.1) is 9.21 Å². The van der Waals surface area contributed by atoms with Gasteiger partial charge in [0.15, 0.2) is 0 Å². The molecule has 0 aliphatic heterocycles. The second kappa shape index (κ2) is 5.51. The SMILES string of the molecule is COC1(C(=O)c2ccc(Cl)s2)CCCCCC1. The van der Waals surface area contributed by atoms with Crippen LogP contribution in [0.4, 0.5) is 0 Å². The van der Waals surface area contributed by atoms with E-state index in [1.54, 1.807) is 19.2 Å². The van der Waals surface area contributed by atoms with Crippen molar-refractivity contribution in [1.29, 1.82) is 0 Å². The standard InChI is InChI=1S/C13H17ClO2S/c1-16-13(8-4-2-3-5-9-13)12(15)10-6-7-11(14)17-10/h6-7H,2-5,8-9H2,1H3. The number of ketones is 1. The van der Waals surface area contributed by atoms with Crippen molar-refractivity contribution in [2.75, 3.05) is 7.11 Å². The number of hydrogen-bond acceptors (Lipinski definition) is 3. The minimum Gasteiger partial charge on any atom is -0.370 e. The maximum Gasteiger partial charge on any atom is 0.204 e. The second-order valence-electron chi connectivity index (χ2n) is 4.55. The maximum atomic E-state index is 12.5. The van der Waals surface area contributed by atoms with Crippen LogP contribution in [0.5, 0.6) is 0 Å². The molecule has 1 aromatic heterocycles. The number of carbonyl (C=O) groups excluding carboxylic acids is 1. The van der Waals surface area contributed by atoms with E-state index in [1.807, 2.05) is 0 Å². The van der Waals surface area contributed by atoms with Crippen molar-refractivity contribution in [1.82, 2.24) is 0 Å². The second-order valence-corrected chi connectivity index (χ2v) is 6.26. The highest BCUT2D eigenvalue weighted by Gasteiger charge is 2.39. The summed E-state index contributed by atoms with van der Waals surface area (Å²) in [7, 11) is 1.65. The van der Waals surface area contributed by atoms with Crippen LogP contribution in [0.2, 0.25) is 4.34 Å². The molecule has 2 nitrogen and oxygen atoms in total. The van der Waals surface area contributed by atoms with E-state index in [0.717, 1.165) is 30.6 Å². The van der Waals surface area contributed by atoms with Crippen molar-refractivity contribution in [3.8, 4) is 0 Å². The molecular weight excluding hydrogens is 256 g/mol. The number of Topliss-reactive ketones (excluding diaryl/α,β-unsaturated/α-hetero) is 1. The van der Waals surface area contributed by atoms with E-state index in [2.05, 4.69) is 0 Å². The first kappa shape index (κ1) is 13.1. The molecule has 1 heterocycles. The summed E-state index contributed by atoms with van der Waals surface area (Å²) in [5.41, 5.74) is -0.606. The van der Waals surface area contributed by atoms with E-state index >= 15 is 0 Å². The van der Waals surface area contributed by atoms with E-state index in [0.29, 0.717) is 4.34 Å². The molecule has 17 heavy (non-hydrogen) atoms. The van der Waals surface area contributed by atoms with Gasteiger partial charge in [-0.25, -0.2) is 0 Å². The number of halogens is 1. The lowest BCUT2D eigenvalue weighted by molar-refractivity contribution is -0.00658. The van der Waals surface area contributed by atoms with Gasteiger partial charge in [0.25, 0.3) is 0 Å². The van der Waals surface area contributed by atoms with Gasteiger partial charge in [-0.1, -0.05) is 37.3 Å².